The number of benzene rings is 2. The molecule has 2 atom stereocenters. The summed E-state index contributed by atoms with van der Waals surface area (Å²) in [6.45, 7) is 1.26. The van der Waals surface area contributed by atoms with Crippen molar-refractivity contribution < 1.29 is 23.5 Å². The second kappa shape index (κ2) is 10.9. The number of rotatable bonds is 8. The Kier molecular flexibility index (Phi) is 8.62. The van der Waals surface area contributed by atoms with Crippen LogP contribution in [0.4, 0.5) is 4.39 Å². The maximum Gasteiger partial charge on any atom is 0.328 e. The van der Waals surface area contributed by atoms with Gasteiger partial charge in [-0.25, -0.2) is 9.18 Å². The van der Waals surface area contributed by atoms with E-state index in [1.54, 1.807) is 24.3 Å². The van der Waals surface area contributed by atoms with Crippen LogP contribution in [0.15, 0.2) is 42.5 Å². The highest BCUT2D eigenvalue weighted by Gasteiger charge is 2.28. The zero-order valence-electron chi connectivity index (χ0n) is 16.4. The average Bonchev–Trinajstić information content (AvgIpc) is 2.68. The molecule has 0 radical (unpaired) electrons. The summed E-state index contributed by atoms with van der Waals surface area (Å²) < 4.78 is 18.3. The third-order valence-electron chi connectivity index (χ3n) is 4.29. The smallest absolute Gasteiger partial charge is 0.328 e. The van der Waals surface area contributed by atoms with Crippen molar-refractivity contribution in [1.29, 1.82) is 0 Å². The zero-order valence-corrected chi connectivity index (χ0v) is 17.9. The zero-order chi connectivity index (χ0) is 22.3. The molecule has 6 nitrogen and oxygen atoms in total. The van der Waals surface area contributed by atoms with Gasteiger partial charge in [0, 0.05) is 29.8 Å². The Morgan fingerprint density at radius 1 is 1.00 bits per heavy atom. The van der Waals surface area contributed by atoms with Crippen molar-refractivity contribution >= 4 is 41.0 Å². The first-order chi connectivity index (χ1) is 14.2. The number of halogens is 3. The molecule has 0 saturated carbocycles. The van der Waals surface area contributed by atoms with E-state index in [-0.39, 0.29) is 12.8 Å². The van der Waals surface area contributed by atoms with Crippen LogP contribution in [0, 0.1) is 5.82 Å². The molecule has 0 saturated heterocycles. The molecule has 0 heterocycles. The van der Waals surface area contributed by atoms with Gasteiger partial charge in [-0.2, -0.15) is 0 Å². The van der Waals surface area contributed by atoms with E-state index in [0.29, 0.717) is 21.2 Å². The molecule has 0 aromatic heterocycles. The van der Waals surface area contributed by atoms with Crippen LogP contribution in [0.2, 0.25) is 10.0 Å². The van der Waals surface area contributed by atoms with E-state index >= 15 is 0 Å². The van der Waals surface area contributed by atoms with Gasteiger partial charge in [0.05, 0.1) is 7.11 Å². The molecule has 160 valence electrons. The van der Waals surface area contributed by atoms with E-state index in [1.165, 1.54) is 32.2 Å². The Hall–Kier alpha value is -2.64. The first kappa shape index (κ1) is 23.6. The third kappa shape index (κ3) is 6.71. The summed E-state index contributed by atoms with van der Waals surface area (Å²) in [5.41, 5.74) is 0.977. The lowest BCUT2D eigenvalue weighted by Gasteiger charge is -2.22. The topological polar surface area (TPSA) is 84.5 Å². The van der Waals surface area contributed by atoms with Crippen LogP contribution in [0.3, 0.4) is 0 Å². The van der Waals surface area contributed by atoms with Crippen molar-refractivity contribution in [3.63, 3.8) is 0 Å². The quantitative estimate of drug-likeness (QED) is 0.600. The minimum atomic E-state index is -1.09. The third-order valence-corrected chi connectivity index (χ3v) is 5.00. The van der Waals surface area contributed by atoms with Crippen molar-refractivity contribution in [2.75, 3.05) is 7.11 Å². The number of methoxy groups -OCH3 is 1. The Morgan fingerprint density at radius 3 is 2.20 bits per heavy atom. The largest absolute Gasteiger partial charge is 0.467 e. The molecule has 2 N–H and O–H groups in total. The van der Waals surface area contributed by atoms with E-state index < -0.39 is 35.7 Å². The van der Waals surface area contributed by atoms with Gasteiger partial charge in [0.25, 0.3) is 0 Å². The number of amides is 2. The molecule has 0 bridgehead atoms. The average molecular weight is 455 g/mol. The van der Waals surface area contributed by atoms with E-state index in [1.807, 2.05) is 0 Å². The van der Waals surface area contributed by atoms with Crippen LogP contribution in [-0.4, -0.2) is 37.0 Å². The molecule has 9 heteroatoms. The Labute approximate surface area is 183 Å². The fourth-order valence-corrected chi connectivity index (χ4v) is 3.45. The van der Waals surface area contributed by atoms with Gasteiger partial charge in [0.1, 0.15) is 17.9 Å². The summed E-state index contributed by atoms with van der Waals surface area (Å²) >= 11 is 12.3. The number of hydrogen-bond acceptors (Lipinski definition) is 4. The van der Waals surface area contributed by atoms with Gasteiger partial charge in [-0.15, -0.1) is 0 Å². The van der Waals surface area contributed by atoms with Crippen LogP contribution in [0.1, 0.15) is 18.1 Å². The normalized spacial score (nSPS) is 12.6. The van der Waals surface area contributed by atoms with Crippen molar-refractivity contribution in [3.05, 3.63) is 69.5 Å². The summed E-state index contributed by atoms with van der Waals surface area (Å²) in [4.78, 5) is 36.7. The lowest BCUT2D eigenvalue weighted by atomic mass is 10.0. The van der Waals surface area contributed by atoms with E-state index in [9.17, 15) is 18.8 Å². The summed E-state index contributed by atoms with van der Waals surface area (Å²) in [5.74, 6) is -2.25. The summed E-state index contributed by atoms with van der Waals surface area (Å²) in [6, 6.07) is 8.44. The van der Waals surface area contributed by atoms with Gasteiger partial charge in [-0.05, 0) is 35.4 Å². The van der Waals surface area contributed by atoms with Gasteiger partial charge in [0.15, 0.2) is 0 Å². The maximum absolute atomic E-state index is 13.5. The second-order valence-corrected chi connectivity index (χ2v) is 7.39. The van der Waals surface area contributed by atoms with E-state index in [4.69, 9.17) is 27.9 Å². The van der Waals surface area contributed by atoms with Gasteiger partial charge in [-0.3, -0.25) is 9.59 Å². The molecule has 0 spiro atoms. The highest BCUT2D eigenvalue weighted by atomic mass is 35.5. The fraction of sp³-hybridized carbons (Fsp3) is 0.286. The molecule has 0 aliphatic heterocycles. The molecule has 0 fully saturated rings. The van der Waals surface area contributed by atoms with Crippen LogP contribution in [0.5, 0.6) is 0 Å². The van der Waals surface area contributed by atoms with Crippen molar-refractivity contribution in [3.8, 4) is 0 Å². The summed E-state index contributed by atoms with van der Waals surface area (Å²) in [7, 11) is 1.19. The number of esters is 1. The van der Waals surface area contributed by atoms with Crippen molar-refractivity contribution in [2.24, 2.45) is 0 Å². The molecular formula is C21H21Cl2FN2O4. The van der Waals surface area contributed by atoms with Crippen LogP contribution < -0.4 is 10.6 Å². The van der Waals surface area contributed by atoms with Gasteiger partial charge in [0.2, 0.25) is 11.8 Å². The highest BCUT2D eigenvalue weighted by Crippen LogP contribution is 2.25. The minimum absolute atomic E-state index is 0.0102. The maximum atomic E-state index is 13.5. The molecule has 0 unspecified atom stereocenters. The van der Waals surface area contributed by atoms with Crippen LogP contribution >= 0.6 is 23.2 Å². The van der Waals surface area contributed by atoms with Crippen molar-refractivity contribution in [1.82, 2.24) is 10.6 Å². The highest BCUT2D eigenvalue weighted by molar-refractivity contribution is 6.36. The molecular weight excluding hydrogens is 434 g/mol. The molecule has 30 heavy (non-hydrogen) atoms. The van der Waals surface area contributed by atoms with Gasteiger partial charge >= 0.3 is 5.97 Å². The number of nitrogens with one attached hydrogen (secondary N) is 2. The number of carbonyl (C=O) groups is 3. The lowest BCUT2D eigenvalue weighted by molar-refractivity contribution is -0.145. The predicted molar refractivity (Wildman–Crippen MR) is 112 cm³/mol. The van der Waals surface area contributed by atoms with Crippen LogP contribution in [-0.2, 0) is 32.0 Å². The minimum Gasteiger partial charge on any atom is -0.467 e. The Morgan fingerprint density at radius 2 is 1.63 bits per heavy atom. The Balaban J connectivity index is 2.23. The van der Waals surface area contributed by atoms with E-state index in [0.717, 1.165) is 0 Å². The first-order valence-electron chi connectivity index (χ1n) is 9.04. The van der Waals surface area contributed by atoms with Gasteiger partial charge in [-0.1, -0.05) is 41.4 Å². The second-order valence-electron chi connectivity index (χ2n) is 6.58. The monoisotopic (exact) mass is 454 g/mol. The molecule has 0 aliphatic rings. The van der Waals surface area contributed by atoms with Gasteiger partial charge < -0.3 is 15.4 Å². The molecule has 2 aromatic carbocycles. The molecule has 2 rings (SSSR count). The molecule has 2 amide bonds. The van der Waals surface area contributed by atoms with Crippen LogP contribution in [0.25, 0.3) is 0 Å². The Bertz CT molecular complexity index is 919. The molecule has 0 aliphatic carbocycles. The SMILES string of the molecule is COC(=O)[C@@H](Cc1c(Cl)cccc1Cl)NC(=O)[C@H](Cc1cccc(F)c1)NC(C)=O. The summed E-state index contributed by atoms with van der Waals surface area (Å²) in [6.07, 6.45) is 0.0214. The van der Waals surface area contributed by atoms with Crippen molar-refractivity contribution in [2.45, 2.75) is 31.8 Å². The standard InChI is InChI=1S/C21H21Cl2FN2O4/c1-12(27)25-18(10-13-5-3-6-14(24)9-13)20(28)26-19(21(29)30-2)11-15-16(22)7-4-8-17(15)23/h3-9,18-19H,10-11H2,1-2H3,(H,25,27)(H,26,28)/t18-,19+/m0/s1. The lowest BCUT2D eigenvalue weighted by Crippen LogP contribution is -2.53. The number of hydrogen-bond donors (Lipinski definition) is 2. The fourth-order valence-electron chi connectivity index (χ4n) is 2.89. The summed E-state index contributed by atoms with van der Waals surface area (Å²) in [5, 5.41) is 5.76. The number of carbonyl (C=O) groups excluding carboxylic acids is 3. The predicted octanol–water partition coefficient (Wildman–Crippen LogP) is 3.08. The van der Waals surface area contributed by atoms with E-state index in [2.05, 4.69) is 10.6 Å². The molecule has 2 aromatic rings. The number of ether oxygens (including phenoxy) is 1. The first-order valence-corrected chi connectivity index (χ1v) is 9.79.